The molecule has 1 aromatic heterocycles. The zero-order valence-electron chi connectivity index (χ0n) is 14.4. The normalized spacial score (nSPS) is 21.7. The number of amides is 1. The first-order chi connectivity index (χ1) is 12.5. The van der Waals surface area contributed by atoms with Crippen molar-refractivity contribution in [2.45, 2.75) is 13.3 Å². The lowest BCUT2D eigenvalue weighted by Gasteiger charge is -2.19. The summed E-state index contributed by atoms with van der Waals surface area (Å²) in [5.74, 6) is 0.490. The number of carboxylic acid groups (broad SMARTS) is 1. The Kier molecular flexibility index (Phi) is 4.11. The third-order valence-corrected chi connectivity index (χ3v) is 6.04. The first-order valence-electron chi connectivity index (χ1n) is 8.49. The summed E-state index contributed by atoms with van der Waals surface area (Å²) in [6, 6.07) is 9.46. The Balaban J connectivity index is 1.53. The molecule has 136 valence electrons. The van der Waals surface area contributed by atoms with Gasteiger partial charge in [-0.3, -0.25) is 9.59 Å². The zero-order chi connectivity index (χ0) is 18.3. The molecule has 1 aromatic carbocycles. The topological polar surface area (TPSA) is 76.1 Å². The van der Waals surface area contributed by atoms with E-state index in [-0.39, 0.29) is 12.5 Å². The summed E-state index contributed by atoms with van der Waals surface area (Å²) in [4.78, 5) is 27.3. The number of hydrogen-bond acceptors (Lipinski definition) is 5. The Hall–Kier alpha value is -2.54. The number of fused-ring (bicyclic) bond motifs is 1. The predicted molar refractivity (Wildman–Crippen MR) is 97.0 cm³/mol. The number of carbonyl (C=O) groups excluding carboxylic acids is 1. The largest absolute Gasteiger partial charge is 0.486 e. The Morgan fingerprint density at radius 1 is 1.15 bits per heavy atom. The van der Waals surface area contributed by atoms with E-state index in [1.165, 1.54) is 11.3 Å². The predicted octanol–water partition coefficient (Wildman–Crippen LogP) is 3.12. The molecule has 0 saturated carbocycles. The van der Waals surface area contributed by atoms with Crippen molar-refractivity contribution in [2.75, 3.05) is 26.3 Å². The lowest BCUT2D eigenvalue weighted by atomic mass is 9.90. The molecule has 4 rings (SSSR count). The molecule has 2 aliphatic heterocycles. The molecule has 1 saturated heterocycles. The Bertz CT molecular complexity index is 877. The van der Waals surface area contributed by atoms with Crippen LogP contribution < -0.4 is 9.47 Å². The summed E-state index contributed by atoms with van der Waals surface area (Å²) in [5, 5.41) is 9.33. The molecule has 1 N–H and O–H groups in total. The van der Waals surface area contributed by atoms with Crippen molar-refractivity contribution >= 4 is 23.2 Å². The second-order valence-electron chi connectivity index (χ2n) is 6.86. The molecule has 26 heavy (non-hydrogen) atoms. The molecule has 0 bridgehead atoms. The van der Waals surface area contributed by atoms with E-state index in [4.69, 9.17) is 9.47 Å². The Labute approximate surface area is 155 Å². The van der Waals surface area contributed by atoms with Gasteiger partial charge in [0.1, 0.15) is 13.2 Å². The summed E-state index contributed by atoms with van der Waals surface area (Å²) in [5.41, 5.74) is 0.112. The minimum absolute atomic E-state index is 0.108. The van der Waals surface area contributed by atoms with Crippen molar-refractivity contribution in [2.24, 2.45) is 5.41 Å². The summed E-state index contributed by atoms with van der Waals surface area (Å²) in [6.07, 6.45) is 0.481. The highest BCUT2D eigenvalue weighted by Gasteiger charge is 2.42. The molecular formula is C19H19NO5S. The first-order valence-corrected chi connectivity index (χ1v) is 9.30. The van der Waals surface area contributed by atoms with Gasteiger partial charge in [0.25, 0.3) is 5.91 Å². The van der Waals surface area contributed by atoms with Gasteiger partial charge in [0.15, 0.2) is 11.5 Å². The number of nitrogens with zero attached hydrogens (tertiary/aromatic N) is 1. The fourth-order valence-corrected chi connectivity index (χ4v) is 4.24. The standard InChI is InChI=1S/C19H19NO5S/c1-19(18(22)23)6-7-20(11-19)17(21)16-5-4-15(26-16)12-2-3-13-14(10-12)25-9-8-24-13/h2-5,10H,6-9,11H2,1H3,(H,22,23)/t19-/m1/s1. The molecule has 0 unspecified atom stereocenters. The van der Waals surface area contributed by atoms with Gasteiger partial charge >= 0.3 is 5.97 Å². The van der Waals surface area contributed by atoms with Crippen LogP contribution >= 0.6 is 11.3 Å². The van der Waals surface area contributed by atoms with E-state index in [1.54, 1.807) is 17.9 Å². The highest BCUT2D eigenvalue weighted by molar-refractivity contribution is 7.17. The first kappa shape index (κ1) is 16.9. The van der Waals surface area contributed by atoms with Gasteiger partial charge in [0.05, 0.1) is 10.3 Å². The second kappa shape index (κ2) is 6.32. The van der Waals surface area contributed by atoms with Crippen LogP contribution in [-0.2, 0) is 4.79 Å². The van der Waals surface area contributed by atoms with Crippen LogP contribution in [0.3, 0.4) is 0 Å². The highest BCUT2D eigenvalue weighted by Crippen LogP contribution is 2.38. The highest BCUT2D eigenvalue weighted by atomic mass is 32.1. The molecular weight excluding hydrogens is 354 g/mol. The van der Waals surface area contributed by atoms with Crippen LogP contribution in [0, 0.1) is 5.41 Å². The molecule has 3 heterocycles. The van der Waals surface area contributed by atoms with Crippen LogP contribution in [0.25, 0.3) is 10.4 Å². The number of hydrogen-bond donors (Lipinski definition) is 1. The number of carboxylic acids is 1. The van der Waals surface area contributed by atoms with Gasteiger partial charge in [-0.15, -0.1) is 11.3 Å². The van der Waals surface area contributed by atoms with E-state index in [0.717, 1.165) is 16.2 Å². The molecule has 0 radical (unpaired) electrons. The summed E-state index contributed by atoms with van der Waals surface area (Å²) < 4.78 is 11.1. The van der Waals surface area contributed by atoms with Crippen molar-refractivity contribution in [3.63, 3.8) is 0 Å². The number of aliphatic carboxylic acids is 1. The van der Waals surface area contributed by atoms with Gasteiger partial charge in [0, 0.05) is 18.0 Å². The number of likely N-dealkylation sites (tertiary alicyclic amines) is 1. The minimum Gasteiger partial charge on any atom is -0.486 e. The molecule has 2 aliphatic rings. The summed E-state index contributed by atoms with van der Waals surface area (Å²) in [7, 11) is 0. The molecule has 1 fully saturated rings. The molecule has 1 atom stereocenters. The van der Waals surface area contributed by atoms with Gasteiger partial charge < -0.3 is 19.5 Å². The van der Waals surface area contributed by atoms with Gasteiger partial charge in [-0.25, -0.2) is 0 Å². The second-order valence-corrected chi connectivity index (χ2v) is 7.95. The molecule has 7 heteroatoms. The molecule has 0 aliphatic carbocycles. The van der Waals surface area contributed by atoms with Gasteiger partial charge in [-0.05, 0) is 49.2 Å². The van der Waals surface area contributed by atoms with E-state index in [9.17, 15) is 14.7 Å². The Morgan fingerprint density at radius 3 is 2.65 bits per heavy atom. The number of thiophene rings is 1. The minimum atomic E-state index is -0.856. The number of ether oxygens (including phenoxy) is 2. The molecule has 6 nitrogen and oxygen atoms in total. The van der Waals surface area contributed by atoms with Crippen molar-refractivity contribution in [3.8, 4) is 21.9 Å². The Morgan fingerprint density at radius 2 is 1.92 bits per heavy atom. The number of rotatable bonds is 3. The third kappa shape index (κ3) is 2.92. The van der Waals surface area contributed by atoms with Crippen LogP contribution in [0.5, 0.6) is 11.5 Å². The fraction of sp³-hybridized carbons (Fsp3) is 0.368. The SMILES string of the molecule is C[C@@]1(C(=O)O)CCN(C(=O)c2ccc(-c3ccc4c(c3)OCCO4)s2)C1. The molecule has 1 amide bonds. The lowest BCUT2D eigenvalue weighted by molar-refractivity contribution is -0.147. The van der Waals surface area contributed by atoms with Crippen LogP contribution in [0.15, 0.2) is 30.3 Å². The zero-order valence-corrected chi connectivity index (χ0v) is 15.2. The van der Waals surface area contributed by atoms with E-state index >= 15 is 0 Å². The summed E-state index contributed by atoms with van der Waals surface area (Å²) in [6.45, 7) is 3.49. The average molecular weight is 373 g/mol. The van der Waals surface area contributed by atoms with Crippen molar-refractivity contribution in [3.05, 3.63) is 35.2 Å². The monoisotopic (exact) mass is 373 g/mol. The quantitative estimate of drug-likeness (QED) is 0.895. The van der Waals surface area contributed by atoms with Gasteiger partial charge in [-0.1, -0.05) is 0 Å². The van der Waals surface area contributed by atoms with Crippen LogP contribution in [0.4, 0.5) is 0 Å². The van der Waals surface area contributed by atoms with Crippen LogP contribution in [0.2, 0.25) is 0 Å². The molecule has 2 aromatic rings. The summed E-state index contributed by atoms with van der Waals surface area (Å²) >= 11 is 1.41. The maximum atomic E-state index is 12.7. The average Bonchev–Trinajstić information content (AvgIpc) is 3.29. The van der Waals surface area contributed by atoms with E-state index in [2.05, 4.69) is 0 Å². The molecule has 0 spiro atoms. The van der Waals surface area contributed by atoms with E-state index in [0.29, 0.717) is 36.8 Å². The van der Waals surface area contributed by atoms with Crippen molar-refractivity contribution in [1.82, 2.24) is 4.90 Å². The van der Waals surface area contributed by atoms with Gasteiger partial charge in [0.2, 0.25) is 0 Å². The van der Waals surface area contributed by atoms with Crippen LogP contribution in [-0.4, -0.2) is 48.2 Å². The van der Waals surface area contributed by atoms with Crippen LogP contribution in [0.1, 0.15) is 23.0 Å². The third-order valence-electron chi connectivity index (χ3n) is 4.92. The lowest BCUT2D eigenvalue weighted by Crippen LogP contribution is -2.34. The number of carbonyl (C=O) groups is 2. The number of benzene rings is 1. The van der Waals surface area contributed by atoms with Crippen molar-refractivity contribution < 1.29 is 24.2 Å². The maximum Gasteiger partial charge on any atom is 0.311 e. The van der Waals surface area contributed by atoms with E-state index in [1.807, 2.05) is 24.3 Å². The fourth-order valence-electron chi connectivity index (χ4n) is 3.27. The van der Waals surface area contributed by atoms with Gasteiger partial charge in [-0.2, -0.15) is 0 Å². The maximum absolute atomic E-state index is 12.7. The van der Waals surface area contributed by atoms with E-state index < -0.39 is 11.4 Å². The van der Waals surface area contributed by atoms with Crippen molar-refractivity contribution in [1.29, 1.82) is 0 Å². The smallest absolute Gasteiger partial charge is 0.311 e.